The van der Waals surface area contributed by atoms with E-state index in [1.165, 1.54) is 0 Å². The van der Waals surface area contributed by atoms with E-state index in [1.807, 2.05) is 0 Å². The molecule has 14 saturated carbocycles. The molecule has 8 atom stereocenters. The van der Waals surface area contributed by atoms with E-state index in [0.29, 0.717) is 49.4 Å². The molecule has 28 nitrogen and oxygen atoms in total. The maximum atomic E-state index is 13.1. The van der Waals surface area contributed by atoms with Crippen LogP contribution in [0.5, 0.6) is 0 Å². The molecule has 14 rings (SSSR count). The van der Waals surface area contributed by atoms with Crippen molar-refractivity contribution in [3.8, 4) is 0 Å². The van der Waals surface area contributed by atoms with Gasteiger partial charge in [0.15, 0.2) is 0 Å². The first-order chi connectivity index (χ1) is 65.2. The maximum absolute atomic E-state index is 13.1. The second kappa shape index (κ2) is 57.8. The van der Waals surface area contributed by atoms with E-state index in [2.05, 4.69) is 0 Å². The molecule has 14 aliphatic rings. The van der Waals surface area contributed by atoms with E-state index in [1.54, 1.807) is 55.4 Å². The third-order valence-electron chi connectivity index (χ3n) is 33.0. The van der Waals surface area contributed by atoms with Gasteiger partial charge in [-0.25, -0.2) is 0 Å². The van der Waals surface area contributed by atoms with Gasteiger partial charge in [0.2, 0.25) is 0 Å². The lowest BCUT2D eigenvalue weighted by molar-refractivity contribution is -0.185. The van der Waals surface area contributed by atoms with E-state index in [9.17, 15) is 76.7 Å². The van der Waals surface area contributed by atoms with Crippen molar-refractivity contribution in [1.82, 2.24) is 0 Å². The normalized spacial score (nSPS) is 31.6. The monoisotopic (exact) mass is 1910 g/mol. The average Bonchev–Trinajstić information content (AvgIpc) is 0.717. The van der Waals surface area contributed by atoms with Gasteiger partial charge in [-0.05, 0) is 310 Å². The standard InChI is InChI=1S/C30H42O7.3C26H42O7/c1-19(31)27-9-21-7-22(10-27)14-29(13-21,17-27)25(33)36-5-3-35-4-6-37-26(34)30-15-23-8-24(16-30)12-28(11-23,18-30)20(2)32;2*1-19(27)21-7-3-11-23(12-4-8-21)25(29)32-17-15-31-16-18-33-26(30)24-13-5-9-22(20(2)28)10-6-14-24;1-19(27)21-7-3-5-9-23(13-11-21)25(29)32-17-15-31-16-18-33-26(30)24-10-6-4-8-22(12-14-24)20(2)28/h21-24H,3-18H2,1-2H3;3*21-24H,3-18H2,1-2H3. The van der Waals surface area contributed by atoms with Gasteiger partial charge in [-0.3, -0.25) is 76.7 Å². The molecule has 0 aromatic carbocycles. The van der Waals surface area contributed by atoms with Gasteiger partial charge in [0.1, 0.15) is 99.1 Å². The molecule has 0 N–H and O–H groups in total. The van der Waals surface area contributed by atoms with Crippen molar-refractivity contribution in [2.24, 2.45) is 116 Å². The van der Waals surface area contributed by atoms with Crippen molar-refractivity contribution in [1.29, 1.82) is 0 Å². The van der Waals surface area contributed by atoms with Gasteiger partial charge in [0.25, 0.3) is 0 Å². The van der Waals surface area contributed by atoms with Gasteiger partial charge in [-0.1, -0.05) is 77.0 Å². The summed E-state index contributed by atoms with van der Waals surface area (Å²) >= 11 is 0. The molecule has 0 aliphatic heterocycles. The average molecular weight is 1910 g/mol. The van der Waals surface area contributed by atoms with E-state index in [-0.39, 0.29) is 282 Å². The van der Waals surface area contributed by atoms with Crippen LogP contribution < -0.4 is 0 Å². The predicted octanol–water partition coefficient (Wildman–Crippen LogP) is 17.8. The molecule has 14 fully saturated rings. The number of esters is 8. The molecule has 0 amide bonds. The Labute approximate surface area is 809 Å². The zero-order valence-corrected chi connectivity index (χ0v) is 83.9. The fourth-order valence-electron chi connectivity index (χ4n) is 25.7. The van der Waals surface area contributed by atoms with Crippen molar-refractivity contribution in [3.63, 3.8) is 0 Å². The Morgan fingerprint density at radius 2 is 0.338 bits per heavy atom. The fraction of sp³-hybridized carbons (Fsp3) is 0.852. The summed E-state index contributed by atoms with van der Waals surface area (Å²) in [5.41, 5.74) is -1.63. The Kier molecular flexibility index (Phi) is 47.8. The number of ether oxygens (including phenoxy) is 12. The second-order valence-electron chi connectivity index (χ2n) is 43.1. The first kappa shape index (κ1) is 113. The minimum absolute atomic E-state index is 0.0737. The van der Waals surface area contributed by atoms with Gasteiger partial charge >= 0.3 is 47.8 Å². The van der Waals surface area contributed by atoms with Crippen LogP contribution in [0, 0.1) is 116 Å². The molecule has 768 valence electrons. The number of carbonyl (C=O) groups is 16. The van der Waals surface area contributed by atoms with Crippen LogP contribution in [-0.4, -0.2) is 200 Å². The number of rotatable bonds is 40. The molecule has 136 heavy (non-hydrogen) atoms. The molecule has 0 heterocycles. The third-order valence-corrected chi connectivity index (χ3v) is 33.0. The number of ketones is 8. The molecular weight excluding hydrogens is 1750 g/mol. The highest BCUT2D eigenvalue weighted by Crippen LogP contribution is 2.67. The lowest BCUT2D eigenvalue weighted by Crippen LogP contribution is -2.57. The summed E-state index contributed by atoms with van der Waals surface area (Å²) in [6.07, 6.45) is 41.1. The summed E-state index contributed by atoms with van der Waals surface area (Å²) in [7, 11) is 0. The quantitative estimate of drug-likeness (QED) is 0.0312. The Bertz CT molecular complexity index is 3480. The SMILES string of the molecule is CC(=O)C12CC3CC(C1)CC(C(=O)OCCOCCOC(=O)C14CC5CC(CC(C(C)=O)(C5)C1)C4)(C3)C2.CC(=O)C1CCCC(C(=O)OCCOCCOC(=O)C2CCCC(C(C)=O)CCC2)CCC1.CC(=O)C1CCCC(C(=O)OCCOCCOC(=O)C2CCCC(C(C)=O)CCC2)CCC1.CC(=O)C1CCCCC(C(=O)OCCOCCOC(=O)C2CCCCC(C(C)=O)CC2)CC1. The summed E-state index contributed by atoms with van der Waals surface area (Å²) in [5, 5.41) is 0. The summed E-state index contributed by atoms with van der Waals surface area (Å²) < 4.78 is 65.5. The number of carbonyl (C=O) groups excluding carboxylic acids is 16. The maximum Gasteiger partial charge on any atom is 0.312 e. The lowest BCUT2D eigenvalue weighted by atomic mass is 9.43. The van der Waals surface area contributed by atoms with Crippen LogP contribution in [0.25, 0.3) is 0 Å². The van der Waals surface area contributed by atoms with Crippen LogP contribution in [0.3, 0.4) is 0 Å². The topological polar surface area (TPSA) is 384 Å². The molecular formula is C108H168O28. The lowest BCUT2D eigenvalue weighted by Gasteiger charge is -2.59. The highest BCUT2D eigenvalue weighted by molar-refractivity contribution is 5.88. The molecule has 28 heteroatoms. The largest absolute Gasteiger partial charge is 0.463 e. The number of Topliss-reactive ketones (excluding diaryl/α,β-unsaturated/α-hetero) is 8. The van der Waals surface area contributed by atoms with E-state index in [0.717, 1.165) is 283 Å². The van der Waals surface area contributed by atoms with Crippen LogP contribution in [0.1, 0.15) is 364 Å². The first-order valence-electron chi connectivity index (χ1n) is 52.9. The summed E-state index contributed by atoms with van der Waals surface area (Å²) in [4.78, 5) is 195. The molecule has 0 aromatic heterocycles. The van der Waals surface area contributed by atoms with Crippen LogP contribution in [-0.2, 0) is 134 Å². The highest BCUT2D eigenvalue weighted by Gasteiger charge is 2.64. The fourth-order valence-corrected chi connectivity index (χ4v) is 25.7. The van der Waals surface area contributed by atoms with Crippen LogP contribution in [0.2, 0.25) is 0 Å². The summed E-state index contributed by atoms with van der Waals surface area (Å²) in [6, 6.07) is 0. The summed E-state index contributed by atoms with van der Waals surface area (Å²) in [6.45, 7) is 16.9. The van der Waals surface area contributed by atoms with Crippen LogP contribution in [0.15, 0.2) is 0 Å². The smallest absolute Gasteiger partial charge is 0.312 e. The van der Waals surface area contributed by atoms with E-state index < -0.39 is 10.8 Å². The van der Waals surface area contributed by atoms with Gasteiger partial charge in [-0.15, -0.1) is 0 Å². The highest BCUT2D eigenvalue weighted by atomic mass is 16.6. The Morgan fingerprint density at radius 1 is 0.184 bits per heavy atom. The molecule has 0 radical (unpaired) electrons. The predicted molar refractivity (Wildman–Crippen MR) is 504 cm³/mol. The number of hydrogen-bond donors (Lipinski definition) is 0. The Morgan fingerprint density at radius 3 is 0.537 bits per heavy atom. The zero-order chi connectivity index (χ0) is 98.2. The number of hydrogen-bond acceptors (Lipinski definition) is 28. The van der Waals surface area contributed by atoms with Crippen LogP contribution >= 0.6 is 0 Å². The van der Waals surface area contributed by atoms with Gasteiger partial charge in [0, 0.05) is 46.3 Å². The van der Waals surface area contributed by atoms with Crippen LogP contribution in [0.4, 0.5) is 0 Å². The Hall–Kier alpha value is -7.04. The minimum Gasteiger partial charge on any atom is -0.463 e. The van der Waals surface area contributed by atoms with E-state index >= 15 is 0 Å². The molecule has 0 aromatic rings. The van der Waals surface area contributed by atoms with Crippen molar-refractivity contribution < 1.29 is 134 Å². The Balaban J connectivity index is 0.000000204. The summed E-state index contributed by atoms with van der Waals surface area (Å²) in [5.74, 6) is 2.43. The minimum atomic E-state index is -0.500. The van der Waals surface area contributed by atoms with Crippen molar-refractivity contribution in [2.45, 2.75) is 364 Å². The second-order valence-corrected chi connectivity index (χ2v) is 43.1. The third kappa shape index (κ3) is 35.9. The van der Waals surface area contributed by atoms with Gasteiger partial charge in [0.05, 0.1) is 99.2 Å². The molecule has 0 spiro atoms. The van der Waals surface area contributed by atoms with Crippen molar-refractivity contribution >= 4 is 94.0 Å². The van der Waals surface area contributed by atoms with E-state index in [4.69, 9.17) is 56.8 Å². The molecule has 8 bridgehead atoms. The van der Waals surface area contributed by atoms with Gasteiger partial charge < -0.3 is 56.8 Å². The van der Waals surface area contributed by atoms with Crippen molar-refractivity contribution in [2.75, 3.05) is 106 Å². The first-order valence-corrected chi connectivity index (χ1v) is 52.9. The molecule has 8 unspecified atom stereocenters. The zero-order valence-electron chi connectivity index (χ0n) is 83.9. The van der Waals surface area contributed by atoms with Crippen molar-refractivity contribution in [3.05, 3.63) is 0 Å². The van der Waals surface area contributed by atoms with Gasteiger partial charge in [-0.2, -0.15) is 0 Å². The molecule has 0 saturated heterocycles. The molecule has 14 aliphatic carbocycles.